The van der Waals surface area contributed by atoms with Gasteiger partial charge in [0.25, 0.3) is 0 Å². The van der Waals surface area contributed by atoms with Gasteiger partial charge in [0.1, 0.15) is 5.76 Å². The maximum Gasteiger partial charge on any atom is 0.424 e. The van der Waals surface area contributed by atoms with Crippen LogP contribution in [0, 0.1) is 5.92 Å². The molecule has 1 aromatic carbocycles. The highest BCUT2D eigenvalue weighted by molar-refractivity contribution is 5.73. The molecule has 0 amide bonds. The Balaban J connectivity index is 2.00. The summed E-state index contributed by atoms with van der Waals surface area (Å²) in [6, 6.07) is 9.38. The molecule has 0 fully saturated rings. The smallest absolute Gasteiger partial charge is 0.424 e. The van der Waals surface area contributed by atoms with Crippen molar-refractivity contribution < 1.29 is 13.9 Å². The zero-order chi connectivity index (χ0) is 14.1. The molecule has 20 heavy (non-hydrogen) atoms. The minimum atomic E-state index is -0.397. The average molecular weight is 273 g/mol. The quantitative estimate of drug-likeness (QED) is 0.781. The Labute approximate surface area is 115 Å². The van der Waals surface area contributed by atoms with Gasteiger partial charge in [-0.15, -0.1) is 0 Å². The zero-order valence-electron chi connectivity index (χ0n) is 11.2. The fourth-order valence-corrected chi connectivity index (χ4v) is 2.70. The summed E-state index contributed by atoms with van der Waals surface area (Å²) in [5.41, 5.74) is 1.65. The SMILES string of the molecule is COC(=O)C1CCc2c(oc(=O)n2-c2ccccc2)C1. The molecule has 1 atom stereocenters. The van der Waals surface area contributed by atoms with Crippen molar-refractivity contribution in [3.8, 4) is 5.69 Å². The van der Waals surface area contributed by atoms with E-state index >= 15 is 0 Å². The van der Waals surface area contributed by atoms with Gasteiger partial charge in [-0.25, -0.2) is 9.36 Å². The number of carbonyl (C=O) groups is 1. The molecule has 3 rings (SSSR count). The number of fused-ring (bicyclic) bond motifs is 1. The number of rotatable bonds is 2. The van der Waals surface area contributed by atoms with E-state index in [-0.39, 0.29) is 11.9 Å². The van der Waals surface area contributed by atoms with Gasteiger partial charge in [-0.05, 0) is 25.0 Å². The molecule has 1 aromatic heterocycles. The molecule has 1 aliphatic rings. The first kappa shape index (κ1) is 12.7. The van der Waals surface area contributed by atoms with Gasteiger partial charge >= 0.3 is 11.7 Å². The highest BCUT2D eigenvalue weighted by Gasteiger charge is 2.30. The predicted octanol–water partition coefficient (Wildman–Crippen LogP) is 1.71. The van der Waals surface area contributed by atoms with Crippen molar-refractivity contribution >= 4 is 5.97 Å². The van der Waals surface area contributed by atoms with E-state index in [1.807, 2.05) is 30.3 Å². The van der Waals surface area contributed by atoms with Crippen molar-refractivity contribution in [3.63, 3.8) is 0 Å². The van der Waals surface area contributed by atoms with E-state index in [2.05, 4.69) is 0 Å². The molecular weight excluding hydrogens is 258 g/mol. The Morgan fingerprint density at radius 3 is 2.80 bits per heavy atom. The van der Waals surface area contributed by atoms with Crippen LogP contribution in [0.15, 0.2) is 39.5 Å². The zero-order valence-corrected chi connectivity index (χ0v) is 11.2. The van der Waals surface area contributed by atoms with Crippen molar-refractivity contribution in [2.75, 3.05) is 7.11 Å². The molecule has 0 radical (unpaired) electrons. The van der Waals surface area contributed by atoms with Crippen LogP contribution in [0.4, 0.5) is 0 Å². The van der Waals surface area contributed by atoms with Crippen LogP contribution < -0.4 is 5.76 Å². The van der Waals surface area contributed by atoms with Crippen LogP contribution in [-0.2, 0) is 22.4 Å². The van der Waals surface area contributed by atoms with Gasteiger partial charge in [0.2, 0.25) is 0 Å². The van der Waals surface area contributed by atoms with Crippen LogP contribution in [-0.4, -0.2) is 17.6 Å². The Morgan fingerprint density at radius 2 is 2.10 bits per heavy atom. The van der Waals surface area contributed by atoms with Gasteiger partial charge in [0.05, 0.1) is 24.4 Å². The van der Waals surface area contributed by atoms with E-state index in [0.717, 1.165) is 11.4 Å². The Kier molecular flexibility index (Phi) is 3.18. The Bertz CT molecular complexity index is 684. The second-order valence-corrected chi connectivity index (χ2v) is 4.87. The van der Waals surface area contributed by atoms with Crippen LogP contribution in [0.3, 0.4) is 0 Å². The molecule has 1 unspecified atom stereocenters. The fraction of sp³-hybridized carbons (Fsp3) is 0.333. The van der Waals surface area contributed by atoms with Gasteiger partial charge in [-0.3, -0.25) is 4.79 Å². The lowest BCUT2D eigenvalue weighted by atomic mass is 9.90. The fourth-order valence-electron chi connectivity index (χ4n) is 2.70. The summed E-state index contributed by atoms with van der Waals surface area (Å²) < 4.78 is 11.7. The number of para-hydroxylation sites is 1. The molecule has 0 saturated carbocycles. The van der Waals surface area contributed by atoms with Crippen molar-refractivity contribution in [1.82, 2.24) is 4.57 Å². The normalized spacial score (nSPS) is 17.6. The van der Waals surface area contributed by atoms with Crippen LogP contribution >= 0.6 is 0 Å². The molecule has 0 bridgehead atoms. The number of hydrogen-bond donors (Lipinski definition) is 0. The average Bonchev–Trinajstić information content (AvgIpc) is 2.82. The molecule has 0 N–H and O–H groups in total. The molecule has 5 nitrogen and oxygen atoms in total. The number of benzene rings is 1. The standard InChI is InChI=1S/C15H15NO4/c1-19-14(17)10-7-8-12-13(9-10)20-15(18)16(12)11-5-3-2-4-6-11/h2-6,10H,7-9H2,1H3. The van der Waals surface area contributed by atoms with Gasteiger partial charge in [0.15, 0.2) is 0 Å². The van der Waals surface area contributed by atoms with Crippen molar-refractivity contribution in [2.24, 2.45) is 5.92 Å². The lowest BCUT2D eigenvalue weighted by Gasteiger charge is -2.19. The molecule has 2 aromatic rings. The second kappa shape index (κ2) is 5.00. The molecule has 104 valence electrons. The summed E-state index contributed by atoms with van der Waals surface area (Å²) in [7, 11) is 1.38. The molecule has 0 aliphatic heterocycles. The summed E-state index contributed by atoms with van der Waals surface area (Å²) in [5.74, 6) is -0.264. The Hall–Kier alpha value is -2.30. The van der Waals surface area contributed by atoms with Crippen LogP contribution in [0.25, 0.3) is 5.69 Å². The van der Waals surface area contributed by atoms with Crippen LogP contribution in [0.2, 0.25) is 0 Å². The molecule has 1 heterocycles. The van der Waals surface area contributed by atoms with Gasteiger partial charge in [-0.2, -0.15) is 0 Å². The van der Waals surface area contributed by atoms with Gasteiger partial charge in [0, 0.05) is 6.42 Å². The molecule has 5 heteroatoms. The largest absolute Gasteiger partial charge is 0.469 e. The molecular formula is C15H15NO4. The summed E-state index contributed by atoms with van der Waals surface area (Å²) in [6.45, 7) is 0. The maximum atomic E-state index is 12.0. The number of esters is 1. The van der Waals surface area contributed by atoms with Crippen LogP contribution in [0.5, 0.6) is 0 Å². The first-order chi connectivity index (χ1) is 9.70. The number of methoxy groups -OCH3 is 1. The molecule has 1 aliphatic carbocycles. The lowest BCUT2D eigenvalue weighted by Crippen LogP contribution is -2.24. The highest BCUT2D eigenvalue weighted by Crippen LogP contribution is 2.27. The first-order valence-electron chi connectivity index (χ1n) is 6.57. The van der Waals surface area contributed by atoms with E-state index in [1.54, 1.807) is 4.57 Å². The van der Waals surface area contributed by atoms with E-state index in [9.17, 15) is 9.59 Å². The van der Waals surface area contributed by atoms with E-state index in [0.29, 0.717) is 25.0 Å². The lowest BCUT2D eigenvalue weighted by molar-refractivity contribution is -0.145. The summed E-state index contributed by atoms with van der Waals surface area (Å²) in [4.78, 5) is 23.6. The minimum Gasteiger partial charge on any atom is -0.469 e. The van der Waals surface area contributed by atoms with E-state index in [1.165, 1.54) is 7.11 Å². The van der Waals surface area contributed by atoms with E-state index in [4.69, 9.17) is 9.15 Å². The number of carbonyl (C=O) groups excluding carboxylic acids is 1. The third kappa shape index (κ3) is 2.05. The first-order valence-corrected chi connectivity index (χ1v) is 6.57. The van der Waals surface area contributed by atoms with Crippen molar-refractivity contribution in [1.29, 1.82) is 0 Å². The number of nitrogens with zero attached hydrogens (tertiary/aromatic N) is 1. The number of aromatic nitrogens is 1. The second-order valence-electron chi connectivity index (χ2n) is 4.87. The third-order valence-electron chi connectivity index (χ3n) is 3.70. The van der Waals surface area contributed by atoms with Crippen molar-refractivity contribution in [2.45, 2.75) is 19.3 Å². The predicted molar refractivity (Wildman–Crippen MR) is 71.8 cm³/mol. The summed E-state index contributed by atoms with van der Waals surface area (Å²) in [5, 5.41) is 0. The molecule has 0 saturated heterocycles. The highest BCUT2D eigenvalue weighted by atomic mass is 16.5. The van der Waals surface area contributed by atoms with Gasteiger partial charge in [-0.1, -0.05) is 18.2 Å². The van der Waals surface area contributed by atoms with Gasteiger partial charge < -0.3 is 9.15 Å². The van der Waals surface area contributed by atoms with E-state index < -0.39 is 5.76 Å². The number of ether oxygens (including phenoxy) is 1. The van der Waals surface area contributed by atoms with Crippen LogP contribution in [0.1, 0.15) is 17.9 Å². The third-order valence-corrected chi connectivity index (χ3v) is 3.70. The molecule has 0 spiro atoms. The maximum absolute atomic E-state index is 12.0. The minimum absolute atomic E-state index is 0.220. The monoisotopic (exact) mass is 273 g/mol. The summed E-state index contributed by atoms with van der Waals surface area (Å²) in [6.07, 6.45) is 1.73. The Morgan fingerprint density at radius 1 is 1.35 bits per heavy atom. The van der Waals surface area contributed by atoms with Crippen molar-refractivity contribution in [3.05, 3.63) is 52.3 Å². The number of oxazole rings is 1. The number of hydrogen-bond acceptors (Lipinski definition) is 4. The topological polar surface area (TPSA) is 61.4 Å². The summed E-state index contributed by atoms with van der Waals surface area (Å²) >= 11 is 0.